The van der Waals surface area contributed by atoms with Crippen LogP contribution in [-0.2, 0) is 0 Å². The number of hydrogen-bond donors (Lipinski definition) is 0. The molecule has 0 unspecified atom stereocenters. The first-order valence-corrected chi connectivity index (χ1v) is 7.56. The van der Waals surface area contributed by atoms with Crippen molar-refractivity contribution in [2.45, 2.75) is 0 Å². The molecule has 0 fully saturated rings. The Morgan fingerprint density at radius 2 is 1.83 bits per heavy atom. The third-order valence-electron chi connectivity index (χ3n) is 3.48. The van der Waals surface area contributed by atoms with E-state index in [2.05, 4.69) is 12.1 Å². The van der Waals surface area contributed by atoms with E-state index in [0.29, 0.717) is 27.7 Å². The van der Waals surface area contributed by atoms with Crippen LogP contribution in [-0.4, -0.2) is 0 Å². The summed E-state index contributed by atoms with van der Waals surface area (Å²) in [5, 5.41) is 19.1. The van der Waals surface area contributed by atoms with Crippen LogP contribution in [0.4, 0.5) is 0 Å². The Morgan fingerprint density at radius 3 is 2.58 bits per heavy atom. The molecule has 3 aromatic rings. The summed E-state index contributed by atoms with van der Waals surface area (Å²) in [5.74, 6) is 1.12. The highest BCUT2D eigenvalue weighted by Crippen LogP contribution is 2.28. The molecule has 24 heavy (non-hydrogen) atoms. The Hall–Kier alpha value is -3.27. The molecule has 0 aliphatic heterocycles. The Morgan fingerprint density at radius 1 is 1.00 bits per heavy atom. The van der Waals surface area contributed by atoms with Gasteiger partial charge in [-0.1, -0.05) is 35.9 Å². The van der Waals surface area contributed by atoms with Gasteiger partial charge in [0.05, 0.1) is 23.3 Å². The van der Waals surface area contributed by atoms with E-state index in [9.17, 15) is 10.5 Å². The normalized spacial score (nSPS) is 10.9. The molecule has 4 heteroatoms. The molecule has 0 saturated heterocycles. The third-order valence-corrected chi connectivity index (χ3v) is 3.72. The first-order chi connectivity index (χ1) is 11.7. The van der Waals surface area contributed by atoms with Gasteiger partial charge in [-0.3, -0.25) is 0 Å². The van der Waals surface area contributed by atoms with Crippen LogP contribution in [0.2, 0.25) is 5.02 Å². The Bertz CT molecular complexity index is 1000. The standard InChI is InChI=1S/C20H11ClN2O/c21-17-6-3-5-14(10-17)16(13-23)11-18-8-9-20(24-18)19-7-2-1-4-15(19)12-22/h1-11H/b16-11-. The number of rotatable bonds is 3. The fraction of sp³-hybridized carbons (Fsp3) is 0. The van der Waals surface area contributed by atoms with E-state index in [4.69, 9.17) is 16.0 Å². The zero-order chi connectivity index (χ0) is 16.9. The Labute approximate surface area is 144 Å². The molecule has 0 atom stereocenters. The quantitative estimate of drug-likeness (QED) is 0.593. The number of halogens is 1. The summed E-state index contributed by atoms with van der Waals surface area (Å²) < 4.78 is 5.78. The van der Waals surface area contributed by atoms with Gasteiger partial charge < -0.3 is 4.42 Å². The lowest BCUT2D eigenvalue weighted by molar-refractivity contribution is 0.572. The zero-order valence-corrected chi connectivity index (χ0v) is 13.3. The first-order valence-electron chi connectivity index (χ1n) is 7.18. The lowest BCUT2D eigenvalue weighted by atomic mass is 10.1. The van der Waals surface area contributed by atoms with Gasteiger partial charge in [0.25, 0.3) is 0 Å². The predicted octanol–water partition coefficient (Wildman–Crippen LogP) is 5.54. The van der Waals surface area contributed by atoms with Crippen molar-refractivity contribution in [1.82, 2.24) is 0 Å². The molecule has 0 saturated carbocycles. The van der Waals surface area contributed by atoms with E-state index in [-0.39, 0.29) is 0 Å². The van der Waals surface area contributed by atoms with E-state index in [1.54, 1.807) is 48.5 Å². The number of benzene rings is 2. The van der Waals surface area contributed by atoms with E-state index in [0.717, 1.165) is 11.1 Å². The van der Waals surface area contributed by atoms with Gasteiger partial charge in [-0.15, -0.1) is 0 Å². The van der Waals surface area contributed by atoms with Crippen molar-refractivity contribution >= 4 is 23.3 Å². The molecule has 114 valence electrons. The molecule has 3 nitrogen and oxygen atoms in total. The number of hydrogen-bond acceptors (Lipinski definition) is 3. The van der Waals surface area contributed by atoms with Crippen molar-refractivity contribution < 1.29 is 4.42 Å². The molecule has 1 aromatic heterocycles. The van der Waals surface area contributed by atoms with Crippen molar-refractivity contribution in [3.05, 3.63) is 82.6 Å². The molecule has 0 aliphatic carbocycles. The summed E-state index contributed by atoms with van der Waals surface area (Å²) in [4.78, 5) is 0. The topological polar surface area (TPSA) is 60.7 Å². The summed E-state index contributed by atoms with van der Waals surface area (Å²) >= 11 is 5.98. The highest BCUT2D eigenvalue weighted by Gasteiger charge is 2.09. The van der Waals surface area contributed by atoms with Crippen molar-refractivity contribution in [3.8, 4) is 23.5 Å². The van der Waals surface area contributed by atoms with E-state index < -0.39 is 0 Å². The van der Waals surface area contributed by atoms with E-state index in [1.807, 2.05) is 18.2 Å². The second-order valence-corrected chi connectivity index (χ2v) is 5.48. The van der Waals surface area contributed by atoms with Gasteiger partial charge >= 0.3 is 0 Å². The fourth-order valence-electron chi connectivity index (χ4n) is 2.35. The van der Waals surface area contributed by atoms with Crippen LogP contribution in [0.5, 0.6) is 0 Å². The van der Waals surface area contributed by atoms with Crippen molar-refractivity contribution in [2.75, 3.05) is 0 Å². The maximum atomic E-state index is 9.39. The van der Waals surface area contributed by atoms with Crippen LogP contribution >= 0.6 is 11.6 Å². The van der Waals surface area contributed by atoms with Gasteiger partial charge in [0.2, 0.25) is 0 Å². The summed E-state index contributed by atoms with van der Waals surface area (Å²) in [5.41, 5.74) is 2.44. The lowest BCUT2D eigenvalue weighted by Crippen LogP contribution is -1.81. The van der Waals surface area contributed by atoms with Crippen LogP contribution in [0.15, 0.2) is 65.1 Å². The van der Waals surface area contributed by atoms with Gasteiger partial charge in [0.1, 0.15) is 11.5 Å². The third kappa shape index (κ3) is 3.22. The van der Waals surface area contributed by atoms with Crippen molar-refractivity contribution in [2.24, 2.45) is 0 Å². The van der Waals surface area contributed by atoms with Crippen LogP contribution in [0, 0.1) is 22.7 Å². The number of furan rings is 1. The minimum absolute atomic E-state index is 0.451. The number of nitriles is 2. The maximum absolute atomic E-state index is 9.39. The van der Waals surface area contributed by atoms with E-state index in [1.165, 1.54) is 0 Å². The van der Waals surface area contributed by atoms with Crippen LogP contribution in [0.25, 0.3) is 23.0 Å². The van der Waals surface area contributed by atoms with Gasteiger partial charge in [-0.05, 0) is 48.0 Å². The largest absolute Gasteiger partial charge is 0.457 e. The smallest absolute Gasteiger partial charge is 0.136 e. The van der Waals surface area contributed by atoms with Crippen LogP contribution < -0.4 is 0 Å². The molecule has 0 aliphatic rings. The molecular weight excluding hydrogens is 320 g/mol. The molecule has 0 spiro atoms. The van der Waals surface area contributed by atoms with Gasteiger partial charge in [0, 0.05) is 10.6 Å². The molecular formula is C20H11ClN2O. The summed E-state index contributed by atoms with van der Waals surface area (Å²) in [6.07, 6.45) is 1.66. The minimum Gasteiger partial charge on any atom is -0.457 e. The molecule has 3 rings (SSSR count). The second-order valence-electron chi connectivity index (χ2n) is 5.04. The Balaban J connectivity index is 1.99. The highest BCUT2D eigenvalue weighted by atomic mass is 35.5. The summed E-state index contributed by atoms with van der Waals surface area (Å²) in [7, 11) is 0. The van der Waals surface area contributed by atoms with Gasteiger partial charge in [-0.2, -0.15) is 10.5 Å². The van der Waals surface area contributed by atoms with E-state index >= 15 is 0 Å². The molecule has 0 N–H and O–H groups in total. The molecule has 0 amide bonds. The molecule has 1 heterocycles. The number of nitrogens with zero attached hydrogens (tertiary/aromatic N) is 2. The first kappa shape index (κ1) is 15.6. The average Bonchev–Trinajstić information content (AvgIpc) is 3.08. The molecule has 2 aromatic carbocycles. The monoisotopic (exact) mass is 330 g/mol. The van der Waals surface area contributed by atoms with Crippen molar-refractivity contribution in [1.29, 1.82) is 10.5 Å². The molecule has 0 radical (unpaired) electrons. The van der Waals surface area contributed by atoms with Gasteiger partial charge in [-0.25, -0.2) is 0 Å². The predicted molar refractivity (Wildman–Crippen MR) is 93.8 cm³/mol. The van der Waals surface area contributed by atoms with Gasteiger partial charge in [0.15, 0.2) is 0 Å². The van der Waals surface area contributed by atoms with Crippen molar-refractivity contribution in [3.63, 3.8) is 0 Å². The molecule has 0 bridgehead atoms. The minimum atomic E-state index is 0.451. The summed E-state index contributed by atoms with van der Waals surface area (Å²) in [6.45, 7) is 0. The average molecular weight is 331 g/mol. The number of allylic oxidation sites excluding steroid dienone is 1. The zero-order valence-electron chi connectivity index (χ0n) is 12.5. The summed E-state index contributed by atoms with van der Waals surface area (Å²) in [6, 6.07) is 22.2. The lowest BCUT2D eigenvalue weighted by Gasteiger charge is -2.00. The Kier molecular flexibility index (Phi) is 4.47. The fourth-order valence-corrected chi connectivity index (χ4v) is 2.54. The SMILES string of the molecule is N#C/C(=C/c1ccc(-c2ccccc2C#N)o1)c1cccc(Cl)c1. The van der Waals surface area contributed by atoms with Crippen LogP contribution in [0.3, 0.4) is 0 Å². The van der Waals surface area contributed by atoms with Crippen LogP contribution in [0.1, 0.15) is 16.9 Å². The second kappa shape index (κ2) is 6.87. The maximum Gasteiger partial charge on any atom is 0.136 e. The highest BCUT2D eigenvalue weighted by molar-refractivity contribution is 6.30.